The average molecular weight is 203 g/mol. The Balaban J connectivity index is 2.52. The first-order valence-electron chi connectivity index (χ1n) is 4.14. The predicted molar refractivity (Wildman–Crippen MR) is 55.0 cm³/mol. The van der Waals surface area contributed by atoms with E-state index in [-0.39, 0.29) is 5.96 Å². The lowest BCUT2D eigenvalue weighted by Gasteiger charge is -2.01. The molecule has 0 aliphatic carbocycles. The maximum absolute atomic E-state index is 7.22. The Morgan fingerprint density at radius 1 is 1.47 bits per heavy atom. The van der Waals surface area contributed by atoms with E-state index in [1.165, 1.54) is 12.5 Å². The minimum atomic E-state index is -0.229. The summed E-state index contributed by atoms with van der Waals surface area (Å²) in [5.74, 6) is 0.0639. The Kier molecular flexibility index (Phi) is 2.05. The van der Waals surface area contributed by atoms with E-state index in [1.807, 2.05) is 0 Å². The summed E-state index contributed by atoms with van der Waals surface area (Å²) in [7, 11) is 0. The van der Waals surface area contributed by atoms with Gasteiger partial charge in [-0.25, -0.2) is 9.97 Å². The van der Waals surface area contributed by atoms with E-state index in [0.717, 1.165) is 4.68 Å². The van der Waals surface area contributed by atoms with Crippen LogP contribution < -0.4 is 11.5 Å². The quantitative estimate of drug-likeness (QED) is 0.432. The first-order valence-corrected chi connectivity index (χ1v) is 4.14. The highest BCUT2D eigenvalue weighted by atomic mass is 15.4. The lowest BCUT2D eigenvalue weighted by molar-refractivity contribution is 0.922. The third kappa shape index (κ3) is 1.50. The van der Waals surface area contributed by atoms with E-state index < -0.39 is 0 Å². The van der Waals surface area contributed by atoms with E-state index in [1.54, 1.807) is 12.3 Å². The van der Waals surface area contributed by atoms with Crippen LogP contribution in [0.4, 0.5) is 5.82 Å². The molecule has 0 spiro atoms. The van der Waals surface area contributed by atoms with Crippen molar-refractivity contribution in [1.82, 2.24) is 19.7 Å². The lowest BCUT2D eigenvalue weighted by Crippen LogP contribution is -2.23. The monoisotopic (exact) mass is 203 g/mol. The zero-order valence-corrected chi connectivity index (χ0v) is 7.75. The number of aromatic nitrogens is 4. The van der Waals surface area contributed by atoms with Crippen molar-refractivity contribution in [3.05, 3.63) is 24.8 Å². The molecular formula is C8H9N7. The fraction of sp³-hybridized carbons (Fsp3) is 0. The molecule has 2 aromatic heterocycles. The summed E-state index contributed by atoms with van der Waals surface area (Å²) >= 11 is 0. The second-order valence-electron chi connectivity index (χ2n) is 2.84. The van der Waals surface area contributed by atoms with Crippen molar-refractivity contribution in [2.75, 3.05) is 5.73 Å². The van der Waals surface area contributed by atoms with Crippen LogP contribution in [0, 0.1) is 5.41 Å². The third-order valence-electron chi connectivity index (χ3n) is 1.89. The summed E-state index contributed by atoms with van der Waals surface area (Å²) in [6.45, 7) is 0. The van der Waals surface area contributed by atoms with Crippen LogP contribution in [0.25, 0.3) is 11.3 Å². The van der Waals surface area contributed by atoms with E-state index in [4.69, 9.17) is 16.9 Å². The maximum atomic E-state index is 7.22. The predicted octanol–water partition coefficient (Wildman–Crippen LogP) is -0.336. The molecule has 2 aromatic rings. The molecule has 0 bridgehead atoms. The van der Waals surface area contributed by atoms with Crippen molar-refractivity contribution in [2.45, 2.75) is 0 Å². The summed E-state index contributed by atoms with van der Waals surface area (Å²) in [6.07, 6.45) is 4.53. The Bertz CT molecular complexity index is 487. The van der Waals surface area contributed by atoms with E-state index in [9.17, 15) is 0 Å². The lowest BCUT2D eigenvalue weighted by atomic mass is 10.2. The van der Waals surface area contributed by atoms with Crippen molar-refractivity contribution in [3.8, 4) is 11.3 Å². The molecule has 0 radical (unpaired) electrons. The van der Waals surface area contributed by atoms with Gasteiger partial charge in [-0.3, -0.25) is 5.41 Å². The first kappa shape index (κ1) is 9.13. The number of rotatable bonds is 1. The molecular weight excluding hydrogens is 194 g/mol. The largest absolute Gasteiger partial charge is 0.383 e. The molecule has 0 aliphatic heterocycles. The van der Waals surface area contributed by atoms with Crippen molar-refractivity contribution in [3.63, 3.8) is 0 Å². The summed E-state index contributed by atoms with van der Waals surface area (Å²) in [6, 6.07) is 1.71. The zero-order valence-electron chi connectivity index (χ0n) is 7.75. The first-order chi connectivity index (χ1) is 7.20. The number of nitrogen functional groups attached to an aromatic ring is 2. The van der Waals surface area contributed by atoms with Crippen LogP contribution >= 0.6 is 0 Å². The van der Waals surface area contributed by atoms with Crippen LogP contribution in [-0.2, 0) is 0 Å². The van der Waals surface area contributed by atoms with Gasteiger partial charge >= 0.3 is 0 Å². The van der Waals surface area contributed by atoms with Crippen LogP contribution in [0.3, 0.4) is 0 Å². The molecule has 76 valence electrons. The second-order valence-corrected chi connectivity index (χ2v) is 2.84. The van der Waals surface area contributed by atoms with Crippen molar-refractivity contribution >= 4 is 11.8 Å². The standard InChI is InChI=1S/C8H9N7/c9-7-5(3-14-15(7)8(10)11)6-1-2-12-4-13-6/h1-4H,9H2,(H3,10,11). The van der Waals surface area contributed by atoms with Gasteiger partial charge in [-0.2, -0.15) is 9.78 Å². The zero-order chi connectivity index (χ0) is 10.8. The molecule has 5 N–H and O–H groups in total. The highest BCUT2D eigenvalue weighted by Gasteiger charge is 2.11. The maximum Gasteiger partial charge on any atom is 0.215 e. The molecule has 0 amide bonds. The number of nitrogens with zero attached hydrogens (tertiary/aromatic N) is 4. The Morgan fingerprint density at radius 2 is 2.27 bits per heavy atom. The van der Waals surface area contributed by atoms with Gasteiger partial charge in [0, 0.05) is 6.20 Å². The van der Waals surface area contributed by atoms with Crippen molar-refractivity contribution in [1.29, 1.82) is 5.41 Å². The Labute approximate surface area is 85.3 Å². The summed E-state index contributed by atoms with van der Waals surface area (Å²) in [4.78, 5) is 7.82. The summed E-state index contributed by atoms with van der Waals surface area (Å²) < 4.78 is 1.14. The molecule has 0 aromatic carbocycles. The third-order valence-corrected chi connectivity index (χ3v) is 1.89. The SMILES string of the molecule is N=C(N)n1ncc(-c2ccncn2)c1N. The Hall–Kier alpha value is -2.44. The number of hydrogen-bond donors (Lipinski definition) is 3. The molecule has 0 unspecified atom stereocenters. The van der Waals surface area contributed by atoms with Gasteiger partial charge in [0.1, 0.15) is 12.1 Å². The molecule has 0 atom stereocenters. The van der Waals surface area contributed by atoms with Gasteiger partial charge in [-0.15, -0.1) is 0 Å². The van der Waals surface area contributed by atoms with Gasteiger partial charge in [-0.05, 0) is 6.07 Å². The fourth-order valence-electron chi connectivity index (χ4n) is 1.20. The van der Waals surface area contributed by atoms with Gasteiger partial charge in [0.05, 0.1) is 17.5 Å². The van der Waals surface area contributed by atoms with Gasteiger partial charge in [-0.1, -0.05) is 0 Å². The molecule has 0 saturated heterocycles. The van der Waals surface area contributed by atoms with Crippen molar-refractivity contribution < 1.29 is 0 Å². The van der Waals surface area contributed by atoms with Gasteiger partial charge in [0.2, 0.25) is 5.96 Å². The smallest absolute Gasteiger partial charge is 0.215 e. The number of hydrogen-bond acceptors (Lipinski definition) is 5. The topological polar surface area (TPSA) is 119 Å². The average Bonchev–Trinajstić information content (AvgIpc) is 2.61. The Morgan fingerprint density at radius 3 is 2.80 bits per heavy atom. The minimum Gasteiger partial charge on any atom is -0.383 e. The highest BCUT2D eigenvalue weighted by molar-refractivity contribution is 5.84. The number of nitrogens with two attached hydrogens (primary N) is 2. The molecule has 2 rings (SSSR count). The molecule has 7 nitrogen and oxygen atoms in total. The van der Waals surface area contributed by atoms with Crippen LogP contribution in [0.15, 0.2) is 24.8 Å². The van der Waals surface area contributed by atoms with Crippen LogP contribution in [0.2, 0.25) is 0 Å². The van der Waals surface area contributed by atoms with E-state index in [0.29, 0.717) is 17.1 Å². The van der Waals surface area contributed by atoms with E-state index in [2.05, 4.69) is 15.1 Å². The van der Waals surface area contributed by atoms with Gasteiger partial charge in [0.25, 0.3) is 0 Å². The molecule has 0 aliphatic rings. The summed E-state index contributed by atoms with van der Waals surface area (Å²) in [5, 5.41) is 11.1. The number of anilines is 1. The highest BCUT2D eigenvalue weighted by Crippen LogP contribution is 2.22. The number of nitrogens with one attached hydrogen (secondary N) is 1. The van der Waals surface area contributed by atoms with E-state index >= 15 is 0 Å². The van der Waals surface area contributed by atoms with Crippen LogP contribution in [0.1, 0.15) is 0 Å². The van der Waals surface area contributed by atoms with Crippen LogP contribution in [0.5, 0.6) is 0 Å². The normalized spacial score (nSPS) is 10.1. The van der Waals surface area contributed by atoms with Crippen molar-refractivity contribution in [2.24, 2.45) is 5.73 Å². The molecule has 0 fully saturated rings. The minimum absolute atomic E-state index is 0.229. The molecule has 2 heterocycles. The molecule has 15 heavy (non-hydrogen) atoms. The summed E-state index contributed by atoms with van der Waals surface area (Å²) in [5.41, 5.74) is 12.3. The second kappa shape index (κ2) is 3.37. The molecule has 0 saturated carbocycles. The van der Waals surface area contributed by atoms with Crippen LogP contribution in [-0.4, -0.2) is 25.7 Å². The fourth-order valence-corrected chi connectivity index (χ4v) is 1.20. The molecule has 7 heteroatoms. The van der Waals surface area contributed by atoms with Gasteiger partial charge < -0.3 is 11.5 Å². The van der Waals surface area contributed by atoms with Gasteiger partial charge in [0.15, 0.2) is 0 Å².